The Morgan fingerprint density at radius 2 is 2.12 bits per heavy atom. The molecule has 1 saturated carbocycles. The number of carboxylic acid groups (broad SMARTS) is 1. The lowest BCUT2D eigenvalue weighted by molar-refractivity contribution is 0.0702. The summed E-state index contributed by atoms with van der Waals surface area (Å²) in [6.07, 6.45) is 5.53. The summed E-state index contributed by atoms with van der Waals surface area (Å²) in [7, 11) is 0. The molecule has 0 radical (unpaired) electrons. The lowest BCUT2D eigenvalue weighted by Crippen LogP contribution is -2.30. The summed E-state index contributed by atoms with van der Waals surface area (Å²) in [5.41, 5.74) is 1.73. The van der Waals surface area contributed by atoms with Crippen LogP contribution in [0.5, 0.6) is 0 Å². The van der Waals surface area contributed by atoms with Gasteiger partial charge in [0.25, 0.3) is 0 Å². The molecule has 2 N–H and O–H groups in total. The van der Waals surface area contributed by atoms with Crippen LogP contribution in [-0.4, -0.2) is 37.8 Å². The standard InChI is InChI=1S/C18H17N5O2S/c24-18(25)15-10-21-17(26-15)14-6-7-16(23-22-14)20-9-11-4-5-12(11)13-3-1-2-8-19-13/h1-3,6-8,10-12H,4-5,9H2,(H,20,23)(H,24,25). The van der Waals surface area contributed by atoms with Gasteiger partial charge in [-0.15, -0.1) is 21.5 Å². The van der Waals surface area contributed by atoms with Crippen LogP contribution in [0.25, 0.3) is 10.7 Å². The van der Waals surface area contributed by atoms with E-state index in [0.717, 1.165) is 23.6 Å². The molecule has 26 heavy (non-hydrogen) atoms. The number of hydrogen-bond donors (Lipinski definition) is 2. The highest BCUT2D eigenvalue weighted by Crippen LogP contribution is 2.41. The summed E-state index contributed by atoms with van der Waals surface area (Å²) in [5, 5.41) is 21.2. The van der Waals surface area contributed by atoms with E-state index in [0.29, 0.717) is 28.4 Å². The van der Waals surface area contributed by atoms with E-state index in [2.05, 4.69) is 31.5 Å². The maximum atomic E-state index is 10.9. The monoisotopic (exact) mass is 367 g/mol. The predicted molar refractivity (Wildman–Crippen MR) is 98.3 cm³/mol. The summed E-state index contributed by atoms with van der Waals surface area (Å²) < 4.78 is 0. The number of aromatic carboxylic acids is 1. The van der Waals surface area contributed by atoms with E-state index in [1.165, 1.54) is 19.0 Å². The first-order valence-electron chi connectivity index (χ1n) is 8.39. The fraction of sp³-hybridized carbons (Fsp3) is 0.278. The number of anilines is 1. The number of rotatable bonds is 6. The molecule has 0 aromatic carbocycles. The molecule has 0 spiro atoms. The average molecular weight is 367 g/mol. The molecule has 1 fully saturated rings. The summed E-state index contributed by atoms with van der Waals surface area (Å²) in [6, 6.07) is 9.71. The molecule has 3 aromatic heterocycles. The van der Waals surface area contributed by atoms with Crippen LogP contribution in [0.3, 0.4) is 0 Å². The third-order valence-electron chi connectivity index (χ3n) is 4.63. The van der Waals surface area contributed by atoms with Gasteiger partial charge in [-0.05, 0) is 43.0 Å². The van der Waals surface area contributed by atoms with Crippen molar-refractivity contribution in [2.24, 2.45) is 5.92 Å². The van der Waals surface area contributed by atoms with Gasteiger partial charge in [-0.25, -0.2) is 9.78 Å². The minimum absolute atomic E-state index is 0.189. The van der Waals surface area contributed by atoms with Crippen molar-refractivity contribution in [2.45, 2.75) is 18.8 Å². The third kappa shape index (κ3) is 3.41. The average Bonchev–Trinajstić information content (AvgIpc) is 3.13. The highest BCUT2D eigenvalue weighted by molar-refractivity contribution is 7.16. The van der Waals surface area contributed by atoms with Crippen molar-refractivity contribution >= 4 is 23.1 Å². The van der Waals surface area contributed by atoms with E-state index in [1.54, 1.807) is 6.07 Å². The molecule has 8 heteroatoms. The van der Waals surface area contributed by atoms with Gasteiger partial charge in [0.15, 0.2) is 0 Å². The van der Waals surface area contributed by atoms with Gasteiger partial charge in [-0.3, -0.25) is 4.98 Å². The Balaban J connectivity index is 1.36. The normalized spacial score (nSPS) is 18.9. The Kier molecular flexibility index (Phi) is 4.57. The van der Waals surface area contributed by atoms with Gasteiger partial charge in [-0.2, -0.15) is 0 Å². The molecule has 2 unspecified atom stereocenters. The number of aromatic nitrogens is 4. The molecule has 4 rings (SSSR count). The van der Waals surface area contributed by atoms with E-state index in [4.69, 9.17) is 5.11 Å². The van der Waals surface area contributed by atoms with Crippen molar-refractivity contribution in [1.82, 2.24) is 20.2 Å². The number of nitrogens with zero attached hydrogens (tertiary/aromatic N) is 4. The Bertz CT molecular complexity index is 897. The topological polar surface area (TPSA) is 101 Å². The number of carboxylic acids is 1. The van der Waals surface area contributed by atoms with Crippen molar-refractivity contribution in [2.75, 3.05) is 11.9 Å². The maximum Gasteiger partial charge on any atom is 0.347 e. The molecular formula is C18H17N5O2S. The van der Waals surface area contributed by atoms with Crippen molar-refractivity contribution < 1.29 is 9.90 Å². The van der Waals surface area contributed by atoms with Crippen molar-refractivity contribution in [1.29, 1.82) is 0 Å². The van der Waals surface area contributed by atoms with Crippen LogP contribution >= 0.6 is 11.3 Å². The van der Waals surface area contributed by atoms with Crippen LogP contribution in [0.4, 0.5) is 5.82 Å². The number of thiazole rings is 1. The molecule has 0 bridgehead atoms. The van der Waals surface area contributed by atoms with Crippen LogP contribution in [0.15, 0.2) is 42.7 Å². The SMILES string of the molecule is O=C(O)c1cnc(-c2ccc(NCC3CCC3c3ccccn3)nn2)s1. The number of pyridine rings is 1. The van der Waals surface area contributed by atoms with Crippen molar-refractivity contribution in [3.63, 3.8) is 0 Å². The van der Waals surface area contributed by atoms with Gasteiger partial charge in [0.1, 0.15) is 21.4 Å². The van der Waals surface area contributed by atoms with Gasteiger partial charge in [0.2, 0.25) is 0 Å². The van der Waals surface area contributed by atoms with E-state index in [-0.39, 0.29) is 4.88 Å². The van der Waals surface area contributed by atoms with E-state index < -0.39 is 5.97 Å². The molecule has 2 atom stereocenters. The zero-order chi connectivity index (χ0) is 17.9. The minimum atomic E-state index is -0.983. The van der Waals surface area contributed by atoms with Crippen LogP contribution in [0.1, 0.15) is 34.1 Å². The summed E-state index contributed by atoms with van der Waals surface area (Å²) >= 11 is 1.09. The second kappa shape index (κ2) is 7.17. The molecular weight excluding hydrogens is 350 g/mol. The molecule has 7 nitrogen and oxygen atoms in total. The molecule has 0 amide bonds. The first-order valence-corrected chi connectivity index (χ1v) is 9.20. The molecule has 132 valence electrons. The Morgan fingerprint density at radius 1 is 1.19 bits per heavy atom. The van der Waals surface area contributed by atoms with Gasteiger partial charge < -0.3 is 10.4 Å². The van der Waals surface area contributed by atoms with E-state index >= 15 is 0 Å². The quantitative estimate of drug-likeness (QED) is 0.689. The molecule has 1 aliphatic carbocycles. The second-order valence-corrected chi connectivity index (χ2v) is 7.25. The fourth-order valence-electron chi connectivity index (χ4n) is 3.07. The Morgan fingerprint density at radius 3 is 2.73 bits per heavy atom. The van der Waals surface area contributed by atoms with Crippen molar-refractivity contribution in [3.8, 4) is 10.7 Å². The Hall–Kier alpha value is -2.87. The zero-order valence-corrected chi connectivity index (χ0v) is 14.7. The minimum Gasteiger partial charge on any atom is -0.477 e. The molecule has 3 heterocycles. The number of carbonyl (C=O) groups is 1. The number of hydrogen-bond acceptors (Lipinski definition) is 7. The lowest BCUT2D eigenvalue weighted by Gasteiger charge is -2.36. The first-order chi connectivity index (χ1) is 12.7. The zero-order valence-electron chi connectivity index (χ0n) is 13.9. The highest BCUT2D eigenvalue weighted by atomic mass is 32.1. The Labute approximate surface area is 154 Å². The molecule has 0 aliphatic heterocycles. The van der Waals surface area contributed by atoms with Crippen LogP contribution in [0, 0.1) is 5.92 Å². The van der Waals surface area contributed by atoms with Crippen LogP contribution in [-0.2, 0) is 0 Å². The van der Waals surface area contributed by atoms with Gasteiger partial charge >= 0.3 is 5.97 Å². The molecule has 1 aliphatic rings. The van der Waals surface area contributed by atoms with Crippen LogP contribution in [0.2, 0.25) is 0 Å². The van der Waals surface area contributed by atoms with Gasteiger partial charge in [-0.1, -0.05) is 6.07 Å². The first kappa shape index (κ1) is 16.6. The van der Waals surface area contributed by atoms with Crippen molar-refractivity contribution in [3.05, 3.63) is 53.3 Å². The third-order valence-corrected chi connectivity index (χ3v) is 5.64. The fourth-order valence-corrected chi connectivity index (χ4v) is 3.79. The van der Waals surface area contributed by atoms with Crippen LogP contribution < -0.4 is 5.32 Å². The van der Waals surface area contributed by atoms with E-state index in [9.17, 15) is 4.79 Å². The summed E-state index contributed by atoms with van der Waals surface area (Å²) in [4.78, 5) is 19.7. The molecule has 0 saturated heterocycles. The lowest BCUT2D eigenvalue weighted by atomic mass is 9.71. The summed E-state index contributed by atoms with van der Waals surface area (Å²) in [6.45, 7) is 0.829. The number of nitrogens with one attached hydrogen (secondary N) is 1. The largest absolute Gasteiger partial charge is 0.477 e. The van der Waals surface area contributed by atoms with Gasteiger partial charge in [0, 0.05) is 24.4 Å². The molecule has 3 aromatic rings. The highest BCUT2D eigenvalue weighted by Gasteiger charge is 2.32. The smallest absolute Gasteiger partial charge is 0.347 e. The maximum absolute atomic E-state index is 10.9. The second-order valence-electron chi connectivity index (χ2n) is 6.22. The predicted octanol–water partition coefficient (Wildman–Crippen LogP) is 3.30. The van der Waals surface area contributed by atoms with E-state index in [1.807, 2.05) is 24.4 Å². The summed E-state index contributed by atoms with van der Waals surface area (Å²) in [5.74, 6) is 0.766. The van der Waals surface area contributed by atoms with Gasteiger partial charge in [0.05, 0.1) is 6.20 Å².